The molecule has 0 heterocycles. The maximum atomic E-state index is 11.1. The molecule has 0 N–H and O–H groups in total. The third kappa shape index (κ3) is 11.8. The van der Waals surface area contributed by atoms with Crippen molar-refractivity contribution in [3.63, 3.8) is 0 Å². The summed E-state index contributed by atoms with van der Waals surface area (Å²) in [4.78, 5) is 43.5. The minimum Gasteiger partial charge on any atom is -0.465 e. The van der Waals surface area contributed by atoms with Crippen LogP contribution in [0.3, 0.4) is 0 Å². The molecule has 1 unspecified atom stereocenters. The molecule has 0 bridgehead atoms. The lowest BCUT2D eigenvalue weighted by Gasteiger charge is -2.09. The van der Waals surface area contributed by atoms with Crippen LogP contribution >= 0.6 is 11.6 Å². The normalized spacial score (nSPS) is 11.3. The molecule has 134 valence electrons. The van der Waals surface area contributed by atoms with Gasteiger partial charge in [-0.3, -0.25) is 14.4 Å². The number of ketones is 1. The molecule has 6 nitrogen and oxygen atoms in total. The summed E-state index contributed by atoms with van der Waals surface area (Å²) in [6, 6.07) is 0. The molecule has 0 saturated heterocycles. The minimum absolute atomic E-state index is 0.226. The lowest BCUT2D eigenvalue weighted by Crippen LogP contribution is -2.29. The summed E-state index contributed by atoms with van der Waals surface area (Å²) in [5, 5.41) is -1.15. The first kappa shape index (κ1) is 23.8. The molecule has 0 aromatic rings. The number of hydrogen-bond acceptors (Lipinski definition) is 6. The second-order valence-corrected chi connectivity index (χ2v) is 5.81. The smallest absolute Gasteiger partial charge is 0.331 e. The molecule has 0 radical (unpaired) electrons. The molecule has 23 heavy (non-hydrogen) atoms. The van der Waals surface area contributed by atoms with Gasteiger partial charge in [0.1, 0.15) is 0 Å². The van der Waals surface area contributed by atoms with Gasteiger partial charge in [0.2, 0.25) is 0 Å². The Morgan fingerprint density at radius 2 is 1.43 bits per heavy atom. The molecule has 0 fully saturated rings. The van der Waals surface area contributed by atoms with Crippen molar-refractivity contribution in [3.05, 3.63) is 0 Å². The van der Waals surface area contributed by atoms with Crippen molar-refractivity contribution in [2.45, 2.75) is 59.8 Å². The Balaban J connectivity index is 0. The Morgan fingerprint density at radius 1 is 0.913 bits per heavy atom. The summed E-state index contributed by atoms with van der Waals surface area (Å²) >= 11 is 5.53. The SMILES string of the molecule is CCCC(=O)OC(=O)C(C)C.CCOC(=O)C(Cl)C(=O)C(C)C. The molecule has 0 aromatic carbocycles. The molecule has 0 aliphatic rings. The van der Waals surface area contributed by atoms with Gasteiger partial charge in [-0.25, -0.2) is 4.79 Å². The zero-order valence-electron chi connectivity index (χ0n) is 14.7. The third-order valence-electron chi connectivity index (χ3n) is 2.45. The zero-order chi connectivity index (χ0) is 18.6. The van der Waals surface area contributed by atoms with Crippen molar-refractivity contribution in [2.75, 3.05) is 6.61 Å². The largest absolute Gasteiger partial charge is 0.465 e. The maximum absolute atomic E-state index is 11.1. The van der Waals surface area contributed by atoms with Gasteiger partial charge in [0.15, 0.2) is 11.2 Å². The highest BCUT2D eigenvalue weighted by atomic mass is 35.5. The maximum Gasteiger partial charge on any atom is 0.331 e. The first-order valence-electron chi connectivity index (χ1n) is 7.67. The second kappa shape index (κ2) is 13.0. The number of carbonyl (C=O) groups is 4. The Bertz CT molecular complexity index is 403. The number of Topliss-reactive ketones (excluding diaryl/α,β-unsaturated/α-hetero) is 1. The van der Waals surface area contributed by atoms with Gasteiger partial charge in [0.25, 0.3) is 0 Å². The third-order valence-corrected chi connectivity index (χ3v) is 2.85. The molecule has 0 aromatic heterocycles. The van der Waals surface area contributed by atoms with E-state index in [1.165, 1.54) is 0 Å². The molecular formula is C16H27ClO6. The van der Waals surface area contributed by atoms with E-state index in [4.69, 9.17) is 11.6 Å². The number of ether oxygens (including phenoxy) is 2. The minimum atomic E-state index is -1.15. The molecule has 0 amide bonds. The highest BCUT2D eigenvalue weighted by Gasteiger charge is 2.26. The van der Waals surface area contributed by atoms with Crippen molar-refractivity contribution in [1.82, 2.24) is 0 Å². The van der Waals surface area contributed by atoms with Crippen LogP contribution in [-0.4, -0.2) is 35.7 Å². The molecule has 0 saturated carbocycles. The van der Waals surface area contributed by atoms with E-state index in [0.717, 1.165) is 0 Å². The fraction of sp³-hybridized carbons (Fsp3) is 0.750. The molecule has 0 spiro atoms. The Hall–Kier alpha value is -1.43. The summed E-state index contributed by atoms with van der Waals surface area (Å²) in [5.74, 6) is -2.28. The van der Waals surface area contributed by atoms with Crippen LogP contribution in [0.4, 0.5) is 0 Å². The average Bonchev–Trinajstić information content (AvgIpc) is 2.46. The average molecular weight is 351 g/mol. The standard InChI is InChI=1S/C8H13ClO3.C8H14O3/c1-4-12-8(11)6(9)7(10)5(2)3;1-4-5-7(9)11-8(10)6(2)3/h5-6H,4H2,1-3H3;6H,4-5H2,1-3H3. The van der Waals surface area contributed by atoms with E-state index in [-0.39, 0.29) is 24.2 Å². The van der Waals surface area contributed by atoms with E-state index in [1.54, 1.807) is 34.6 Å². The van der Waals surface area contributed by atoms with Gasteiger partial charge < -0.3 is 9.47 Å². The van der Waals surface area contributed by atoms with Gasteiger partial charge in [0.05, 0.1) is 12.5 Å². The van der Waals surface area contributed by atoms with E-state index in [0.29, 0.717) is 12.8 Å². The van der Waals surface area contributed by atoms with E-state index >= 15 is 0 Å². The van der Waals surface area contributed by atoms with Crippen LogP contribution < -0.4 is 0 Å². The number of carbonyl (C=O) groups excluding carboxylic acids is 4. The van der Waals surface area contributed by atoms with E-state index in [9.17, 15) is 19.2 Å². The molecule has 0 aliphatic carbocycles. The van der Waals surface area contributed by atoms with Crippen molar-refractivity contribution in [2.24, 2.45) is 11.8 Å². The van der Waals surface area contributed by atoms with Gasteiger partial charge >= 0.3 is 17.9 Å². The van der Waals surface area contributed by atoms with Crippen LogP contribution in [-0.2, 0) is 28.7 Å². The van der Waals surface area contributed by atoms with E-state index in [2.05, 4.69) is 9.47 Å². The Morgan fingerprint density at radius 3 is 1.78 bits per heavy atom. The first-order valence-corrected chi connectivity index (χ1v) is 8.10. The van der Waals surface area contributed by atoms with Crippen molar-refractivity contribution in [3.8, 4) is 0 Å². The van der Waals surface area contributed by atoms with Crippen molar-refractivity contribution < 1.29 is 28.7 Å². The van der Waals surface area contributed by atoms with Crippen LogP contribution in [0.25, 0.3) is 0 Å². The molecular weight excluding hydrogens is 324 g/mol. The molecule has 0 rings (SSSR count). The number of rotatable bonds is 7. The summed E-state index contributed by atoms with van der Waals surface area (Å²) in [7, 11) is 0. The van der Waals surface area contributed by atoms with Gasteiger partial charge in [-0.05, 0) is 13.3 Å². The molecule has 7 heteroatoms. The topological polar surface area (TPSA) is 86.7 Å². The van der Waals surface area contributed by atoms with Crippen molar-refractivity contribution >= 4 is 35.3 Å². The second-order valence-electron chi connectivity index (χ2n) is 5.37. The van der Waals surface area contributed by atoms with E-state index in [1.807, 2.05) is 6.92 Å². The monoisotopic (exact) mass is 350 g/mol. The lowest BCUT2D eigenvalue weighted by molar-refractivity contribution is -0.162. The summed E-state index contributed by atoms with van der Waals surface area (Å²) in [6.45, 7) is 10.5. The van der Waals surface area contributed by atoms with Crippen LogP contribution in [0.2, 0.25) is 0 Å². The number of esters is 3. The van der Waals surface area contributed by atoms with Crippen molar-refractivity contribution in [1.29, 1.82) is 0 Å². The van der Waals surface area contributed by atoms with Crippen LogP contribution in [0.15, 0.2) is 0 Å². The molecule has 0 aliphatic heterocycles. The summed E-state index contributed by atoms with van der Waals surface area (Å²) in [6.07, 6.45) is 1.03. The Labute approximate surface area is 142 Å². The predicted octanol–water partition coefficient (Wildman–Crippen LogP) is 2.89. The predicted molar refractivity (Wildman–Crippen MR) is 87.0 cm³/mol. The quantitative estimate of drug-likeness (QED) is 0.398. The number of alkyl halides is 1. The first-order chi connectivity index (χ1) is 10.6. The molecule has 1 atom stereocenters. The van der Waals surface area contributed by atoms with Gasteiger partial charge in [0, 0.05) is 12.3 Å². The summed E-state index contributed by atoms with van der Waals surface area (Å²) in [5.41, 5.74) is 0. The Kier molecular flexibility index (Phi) is 13.5. The van der Waals surface area contributed by atoms with Gasteiger partial charge in [-0.15, -0.1) is 11.6 Å². The van der Waals surface area contributed by atoms with Crippen LogP contribution in [0.5, 0.6) is 0 Å². The summed E-state index contributed by atoms with van der Waals surface area (Å²) < 4.78 is 9.06. The highest BCUT2D eigenvalue weighted by Crippen LogP contribution is 2.07. The van der Waals surface area contributed by atoms with Gasteiger partial charge in [-0.1, -0.05) is 34.6 Å². The zero-order valence-corrected chi connectivity index (χ0v) is 15.4. The van der Waals surface area contributed by atoms with Crippen LogP contribution in [0.1, 0.15) is 54.4 Å². The van der Waals surface area contributed by atoms with Crippen LogP contribution in [0, 0.1) is 11.8 Å². The fourth-order valence-corrected chi connectivity index (χ4v) is 1.42. The number of halogens is 1. The van der Waals surface area contributed by atoms with Gasteiger partial charge in [-0.2, -0.15) is 0 Å². The highest BCUT2D eigenvalue weighted by molar-refractivity contribution is 6.41. The fourth-order valence-electron chi connectivity index (χ4n) is 1.11. The number of hydrogen-bond donors (Lipinski definition) is 0. The van der Waals surface area contributed by atoms with E-state index < -0.39 is 23.3 Å². The lowest BCUT2D eigenvalue weighted by atomic mass is 10.1.